The molecule has 0 aliphatic heterocycles. The molecule has 0 unspecified atom stereocenters. The zero-order chi connectivity index (χ0) is 14.0. The van der Waals surface area contributed by atoms with Gasteiger partial charge in [0.2, 0.25) is 5.91 Å². The largest absolute Gasteiger partial charge is 0.341 e. The molecule has 0 heterocycles. The molecule has 1 aliphatic carbocycles. The van der Waals surface area contributed by atoms with Gasteiger partial charge in [-0.2, -0.15) is 0 Å². The Bertz CT molecular complexity index is 481. The van der Waals surface area contributed by atoms with E-state index in [9.17, 15) is 9.18 Å². The molecule has 2 atom stereocenters. The van der Waals surface area contributed by atoms with Crippen molar-refractivity contribution >= 4 is 17.5 Å². The van der Waals surface area contributed by atoms with Gasteiger partial charge in [0.25, 0.3) is 0 Å². The van der Waals surface area contributed by atoms with Gasteiger partial charge < -0.3 is 10.6 Å². The van der Waals surface area contributed by atoms with Gasteiger partial charge in [0.15, 0.2) is 0 Å². The van der Waals surface area contributed by atoms with E-state index < -0.39 is 0 Å². The minimum Gasteiger partial charge on any atom is -0.341 e. The number of benzene rings is 1. The number of carbonyl (C=O) groups excluding carboxylic acids is 1. The van der Waals surface area contributed by atoms with E-state index in [1.165, 1.54) is 12.1 Å². The van der Waals surface area contributed by atoms with Gasteiger partial charge in [0.05, 0.1) is 5.92 Å². The molecular weight excluding hydrogens is 267 g/mol. The molecule has 0 radical (unpaired) electrons. The first-order valence-electron chi connectivity index (χ1n) is 6.43. The number of amides is 1. The zero-order valence-corrected chi connectivity index (χ0v) is 11.7. The molecule has 1 saturated carbocycles. The second-order valence-electron chi connectivity index (χ2n) is 5.13. The Hall–Kier alpha value is -1.13. The summed E-state index contributed by atoms with van der Waals surface area (Å²) in [7, 11) is 1.73. The van der Waals surface area contributed by atoms with Gasteiger partial charge >= 0.3 is 0 Å². The Balaban J connectivity index is 2.04. The van der Waals surface area contributed by atoms with Crippen LogP contribution in [0, 0.1) is 11.7 Å². The van der Waals surface area contributed by atoms with Crippen LogP contribution >= 0.6 is 11.6 Å². The molecule has 1 fully saturated rings. The first-order valence-corrected chi connectivity index (χ1v) is 6.81. The second kappa shape index (κ2) is 5.88. The lowest BCUT2D eigenvalue weighted by molar-refractivity contribution is -0.134. The first-order chi connectivity index (χ1) is 8.99. The summed E-state index contributed by atoms with van der Waals surface area (Å²) < 4.78 is 13.0. The maximum atomic E-state index is 13.0. The van der Waals surface area contributed by atoms with Crippen LogP contribution in [0.3, 0.4) is 0 Å². The lowest BCUT2D eigenvalue weighted by Crippen LogP contribution is -2.39. The number of nitrogens with zero attached hydrogens (tertiary/aromatic N) is 1. The predicted molar refractivity (Wildman–Crippen MR) is 73.2 cm³/mol. The third-order valence-corrected chi connectivity index (χ3v) is 4.04. The maximum Gasteiger partial charge on any atom is 0.227 e. The highest BCUT2D eigenvalue weighted by Crippen LogP contribution is 2.26. The van der Waals surface area contributed by atoms with Crippen LogP contribution in [0.25, 0.3) is 0 Å². The number of hydrogen-bond acceptors (Lipinski definition) is 2. The summed E-state index contributed by atoms with van der Waals surface area (Å²) in [6, 6.07) is 4.17. The van der Waals surface area contributed by atoms with Crippen LogP contribution in [0.4, 0.5) is 4.39 Å². The Morgan fingerprint density at radius 1 is 1.53 bits per heavy atom. The summed E-state index contributed by atoms with van der Waals surface area (Å²) >= 11 is 5.96. The lowest BCUT2D eigenvalue weighted by Gasteiger charge is -2.23. The van der Waals surface area contributed by atoms with Crippen LogP contribution in [0.5, 0.6) is 0 Å². The fourth-order valence-corrected chi connectivity index (χ4v) is 2.79. The maximum absolute atomic E-state index is 13.0. The smallest absolute Gasteiger partial charge is 0.227 e. The summed E-state index contributed by atoms with van der Waals surface area (Å²) in [5.74, 6) is -0.421. The van der Waals surface area contributed by atoms with Crippen LogP contribution in [-0.4, -0.2) is 23.9 Å². The average Bonchev–Trinajstić information content (AvgIpc) is 2.78. The molecule has 0 bridgehead atoms. The van der Waals surface area contributed by atoms with Crippen molar-refractivity contribution in [3.05, 3.63) is 34.6 Å². The summed E-state index contributed by atoms with van der Waals surface area (Å²) in [6.07, 6.45) is 2.76. The quantitative estimate of drug-likeness (QED) is 0.927. The highest BCUT2D eigenvalue weighted by Gasteiger charge is 2.32. The standard InChI is InChI=1S/C14H18ClFN2O/c1-18(14(19)11-3-2-4-13(11)17)8-9-5-6-10(16)7-12(9)15/h5-7,11,13H,2-4,8,17H2,1H3/t11-,13+/m1/s1. The SMILES string of the molecule is CN(Cc1ccc(F)cc1Cl)C(=O)[C@@H]1CCC[C@@H]1N. The van der Waals surface area contributed by atoms with Gasteiger partial charge in [0.1, 0.15) is 5.82 Å². The number of carbonyl (C=O) groups is 1. The Morgan fingerprint density at radius 2 is 2.26 bits per heavy atom. The van der Waals surface area contributed by atoms with Crippen molar-refractivity contribution in [3.8, 4) is 0 Å². The molecule has 104 valence electrons. The van der Waals surface area contributed by atoms with E-state index in [4.69, 9.17) is 17.3 Å². The molecule has 1 aromatic rings. The Morgan fingerprint density at radius 3 is 2.84 bits per heavy atom. The highest BCUT2D eigenvalue weighted by atomic mass is 35.5. The fourth-order valence-electron chi connectivity index (χ4n) is 2.56. The minimum absolute atomic E-state index is 0.0429. The lowest BCUT2D eigenvalue weighted by atomic mass is 10.0. The van der Waals surface area contributed by atoms with Crippen molar-refractivity contribution in [1.29, 1.82) is 0 Å². The van der Waals surface area contributed by atoms with E-state index >= 15 is 0 Å². The summed E-state index contributed by atoms with van der Waals surface area (Å²) in [6.45, 7) is 0.376. The molecule has 1 amide bonds. The Kier molecular flexibility index (Phi) is 4.42. The molecule has 1 aromatic carbocycles. The van der Waals surface area contributed by atoms with Crippen molar-refractivity contribution in [1.82, 2.24) is 4.90 Å². The van der Waals surface area contributed by atoms with Gasteiger partial charge in [-0.3, -0.25) is 4.79 Å². The number of nitrogens with two attached hydrogens (primary N) is 1. The van der Waals surface area contributed by atoms with E-state index in [0.29, 0.717) is 11.6 Å². The van der Waals surface area contributed by atoms with E-state index in [1.807, 2.05) is 0 Å². The molecule has 19 heavy (non-hydrogen) atoms. The van der Waals surface area contributed by atoms with Crippen LogP contribution in [-0.2, 0) is 11.3 Å². The van der Waals surface area contributed by atoms with Crippen LogP contribution in [0.2, 0.25) is 5.02 Å². The van der Waals surface area contributed by atoms with Gasteiger partial charge in [0, 0.05) is 24.7 Å². The van der Waals surface area contributed by atoms with Crippen LogP contribution in [0.15, 0.2) is 18.2 Å². The van der Waals surface area contributed by atoms with Crippen molar-refractivity contribution in [2.24, 2.45) is 11.7 Å². The monoisotopic (exact) mass is 284 g/mol. The molecule has 2 N–H and O–H groups in total. The molecule has 3 nitrogen and oxygen atoms in total. The van der Waals surface area contributed by atoms with Gasteiger partial charge in [-0.1, -0.05) is 24.1 Å². The van der Waals surface area contributed by atoms with Gasteiger partial charge in [-0.25, -0.2) is 4.39 Å². The first kappa shape index (κ1) is 14.3. The topological polar surface area (TPSA) is 46.3 Å². The summed E-state index contributed by atoms with van der Waals surface area (Å²) in [5.41, 5.74) is 6.68. The van der Waals surface area contributed by atoms with Crippen molar-refractivity contribution < 1.29 is 9.18 Å². The van der Waals surface area contributed by atoms with Crippen LogP contribution < -0.4 is 5.73 Å². The molecular formula is C14H18ClFN2O. The van der Waals surface area contributed by atoms with Crippen LogP contribution in [0.1, 0.15) is 24.8 Å². The molecule has 0 aromatic heterocycles. The third-order valence-electron chi connectivity index (χ3n) is 3.69. The molecule has 0 spiro atoms. The van der Waals surface area contributed by atoms with Crippen molar-refractivity contribution in [2.75, 3.05) is 7.05 Å². The number of halogens is 2. The van der Waals surface area contributed by atoms with E-state index in [2.05, 4.69) is 0 Å². The highest BCUT2D eigenvalue weighted by molar-refractivity contribution is 6.31. The number of rotatable bonds is 3. The zero-order valence-electron chi connectivity index (χ0n) is 10.9. The minimum atomic E-state index is -0.374. The van der Waals surface area contributed by atoms with Crippen molar-refractivity contribution in [3.63, 3.8) is 0 Å². The average molecular weight is 285 g/mol. The molecule has 0 saturated heterocycles. The molecule has 2 rings (SSSR count). The van der Waals surface area contributed by atoms with E-state index in [-0.39, 0.29) is 23.7 Å². The van der Waals surface area contributed by atoms with Crippen molar-refractivity contribution in [2.45, 2.75) is 31.8 Å². The van der Waals surface area contributed by atoms with Gasteiger partial charge in [-0.15, -0.1) is 0 Å². The summed E-state index contributed by atoms with van der Waals surface area (Å²) in [4.78, 5) is 13.9. The normalized spacial score (nSPS) is 22.5. The molecule has 5 heteroatoms. The number of hydrogen-bond donors (Lipinski definition) is 1. The van der Waals surface area contributed by atoms with Gasteiger partial charge in [-0.05, 0) is 30.5 Å². The predicted octanol–water partition coefficient (Wildman–Crippen LogP) is 2.56. The fraction of sp³-hybridized carbons (Fsp3) is 0.500. The summed E-state index contributed by atoms with van der Waals surface area (Å²) in [5, 5.41) is 0.343. The van der Waals surface area contributed by atoms with E-state index in [1.54, 1.807) is 18.0 Å². The Labute approximate surface area is 117 Å². The van der Waals surface area contributed by atoms with E-state index in [0.717, 1.165) is 24.8 Å². The molecule has 1 aliphatic rings. The third kappa shape index (κ3) is 3.25. The second-order valence-corrected chi connectivity index (χ2v) is 5.54.